The minimum atomic E-state index is -0.0739. The van der Waals surface area contributed by atoms with Gasteiger partial charge >= 0.3 is 0 Å². The van der Waals surface area contributed by atoms with Crippen LogP contribution < -0.4 is 10.6 Å². The lowest BCUT2D eigenvalue weighted by Gasteiger charge is -2.36. The van der Waals surface area contributed by atoms with E-state index in [2.05, 4.69) is 25.8 Å². The molecule has 0 atom stereocenters. The molecule has 1 aromatic rings. The molecule has 1 aliphatic carbocycles. The van der Waals surface area contributed by atoms with E-state index in [-0.39, 0.29) is 11.4 Å². The first kappa shape index (κ1) is 14.8. The van der Waals surface area contributed by atoms with Crippen LogP contribution in [0.15, 0.2) is 0 Å². The Labute approximate surface area is 119 Å². The minimum absolute atomic E-state index is 0.0497. The predicted octanol–water partition coefficient (Wildman–Crippen LogP) is 1.74. The van der Waals surface area contributed by atoms with Crippen LogP contribution in [0.5, 0.6) is 0 Å². The third-order valence-electron chi connectivity index (χ3n) is 4.18. The topological polar surface area (TPSA) is 79.8 Å². The summed E-state index contributed by atoms with van der Waals surface area (Å²) < 4.78 is 0. The van der Waals surface area contributed by atoms with E-state index in [1.165, 1.54) is 19.3 Å². The summed E-state index contributed by atoms with van der Waals surface area (Å²) in [5.41, 5.74) is 1.49. The molecule has 1 saturated carbocycles. The van der Waals surface area contributed by atoms with Crippen molar-refractivity contribution in [1.29, 1.82) is 0 Å². The Balaban J connectivity index is 1.98. The van der Waals surface area contributed by atoms with Crippen molar-refractivity contribution in [1.82, 2.24) is 20.5 Å². The monoisotopic (exact) mass is 277 g/mol. The molecule has 110 valence electrons. The summed E-state index contributed by atoms with van der Waals surface area (Å²) in [4.78, 5) is 16.4. The highest BCUT2D eigenvalue weighted by Gasteiger charge is 2.32. The fourth-order valence-corrected chi connectivity index (χ4v) is 2.73. The van der Waals surface area contributed by atoms with E-state index >= 15 is 0 Å². The standard InChI is InChI=1S/C14H23N5O/c1-10-11(2)18-19-13(16-10)17-12(20)9-14(15-3)7-5-4-6-8-14/h15H,4-9H2,1-3H3,(H,16,17,19,20). The third kappa shape index (κ3) is 3.50. The summed E-state index contributed by atoms with van der Waals surface area (Å²) >= 11 is 0. The summed E-state index contributed by atoms with van der Waals surface area (Å²) in [6.45, 7) is 3.70. The molecule has 0 spiro atoms. The molecule has 0 saturated heterocycles. The molecular weight excluding hydrogens is 254 g/mol. The lowest BCUT2D eigenvalue weighted by Crippen LogP contribution is -2.47. The Morgan fingerprint density at radius 2 is 1.85 bits per heavy atom. The average Bonchev–Trinajstić information content (AvgIpc) is 2.44. The van der Waals surface area contributed by atoms with Gasteiger partial charge in [-0.2, -0.15) is 5.10 Å². The van der Waals surface area contributed by atoms with E-state index in [4.69, 9.17) is 0 Å². The van der Waals surface area contributed by atoms with Crippen molar-refractivity contribution in [2.24, 2.45) is 0 Å². The minimum Gasteiger partial charge on any atom is -0.314 e. The van der Waals surface area contributed by atoms with Crippen LogP contribution in [0.3, 0.4) is 0 Å². The zero-order valence-electron chi connectivity index (χ0n) is 12.5. The van der Waals surface area contributed by atoms with Crippen LogP contribution in [0, 0.1) is 13.8 Å². The Kier molecular flexibility index (Phi) is 4.65. The number of amides is 1. The van der Waals surface area contributed by atoms with Gasteiger partial charge in [0.25, 0.3) is 0 Å². The van der Waals surface area contributed by atoms with Gasteiger partial charge in [0.05, 0.1) is 11.4 Å². The Bertz CT molecular complexity index is 482. The number of anilines is 1. The van der Waals surface area contributed by atoms with Gasteiger partial charge in [-0.05, 0) is 33.7 Å². The SMILES string of the molecule is CNC1(CC(=O)Nc2nnc(C)c(C)n2)CCCCC1. The van der Waals surface area contributed by atoms with E-state index in [0.29, 0.717) is 12.4 Å². The molecule has 0 aromatic carbocycles. The lowest BCUT2D eigenvalue weighted by atomic mass is 9.79. The van der Waals surface area contributed by atoms with Crippen LogP contribution in [0.25, 0.3) is 0 Å². The molecular formula is C14H23N5O. The van der Waals surface area contributed by atoms with Crippen molar-refractivity contribution in [3.05, 3.63) is 11.4 Å². The van der Waals surface area contributed by atoms with Crippen molar-refractivity contribution in [2.75, 3.05) is 12.4 Å². The number of nitrogens with zero attached hydrogens (tertiary/aromatic N) is 3. The zero-order valence-corrected chi connectivity index (χ0v) is 12.5. The van der Waals surface area contributed by atoms with Crippen molar-refractivity contribution < 1.29 is 4.79 Å². The molecule has 0 unspecified atom stereocenters. The van der Waals surface area contributed by atoms with Gasteiger partial charge in [0.15, 0.2) is 0 Å². The van der Waals surface area contributed by atoms with Crippen molar-refractivity contribution >= 4 is 11.9 Å². The van der Waals surface area contributed by atoms with Crippen LogP contribution in [0.1, 0.15) is 49.9 Å². The molecule has 2 rings (SSSR count). The van der Waals surface area contributed by atoms with Crippen LogP contribution in [-0.2, 0) is 4.79 Å². The number of hydrogen-bond donors (Lipinski definition) is 2. The van der Waals surface area contributed by atoms with Gasteiger partial charge in [0.1, 0.15) is 0 Å². The Hall–Kier alpha value is -1.56. The number of aromatic nitrogens is 3. The quantitative estimate of drug-likeness (QED) is 0.876. The molecule has 1 heterocycles. The van der Waals surface area contributed by atoms with Gasteiger partial charge in [0, 0.05) is 12.0 Å². The molecule has 0 aliphatic heterocycles. The normalized spacial score (nSPS) is 17.8. The second-order valence-corrected chi connectivity index (χ2v) is 5.62. The third-order valence-corrected chi connectivity index (χ3v) is 4.18. The van der Waals surface area contributed by atoms with Crippen LogP contribution in [-0.4, -0.2) is 33.7 Å². The molecule has 6 heteroatoms. The molecule has 6 nitrogen and oxygen atoms in total. The Morgan fingerprint density at radius 1 is 1.15 bits per heavy atom. The number of carbonyl (C=O) groups excluding carboxylic acids is 1. The second kappa shape index (κ2) is 6.26. The highest BCUT2D eigenvalue weighted by molar-refractivity contribution is 5.89. The van der Waals surface area contributed by atoms with Gasteiger partial charge in [-0.1, -0.05) is 19.3 Å². The molecule has 1 aliphatic rings. The maximum Gasteiger partial charge on any atom is 0.249 e. The van der Waals surface area contributed by atoms with Gasteiger partial charge in [-0.25, -0.2) is 4.98 Å². The first-order valence-corrected chi connectivity index (χ1v) is 7.21. The first-order chi connectivity index (χ1) is 9.54. The smallest absolute Gasteiger partial charge is 0.249 e. The van der Waals surface area contributed by atoms with Crippen molar-refractivity contribution in [2.45, 2.75) is 57.9 Å². The van der Waals surface area contributed by atoms with Gasteiger partial charge in [0.2, 0.25) is 11.9 Å². The van der Waals surface area contributed by atoms with Gasteiger partial charge < -0.3 is 5.32 Å². The summed E-state index contributed by atoms with van der Waals surface area (Å²) in [7, 11) is 1.94. The van der Waals surface area contributed by atoms with E-state index in [1.54, 1.807) is 0 Å². The number of hydrogen-bond acceptors (Lipinski definition) is 5. The molecule has 0 bridgehead atoms. The highest BCUT2D eigenvalue weighted by atomic mass is 16.1. The molecule has 1 aromatic heterocycles. The van der Waals surface area contributed by atoms with Crippen molar-refractivity contribution in [3.63, 3.8) is 0 Å². The zero-order chi connectivity index (χ0) is 14.6. The maximum atomic E-state index is 12.2. The van der Waals surface area contributed by atoms with Gasteiger partial charge in [-0.15, -0.1) is 5.10 Å². The molecule has 1 fully saturated rings. The van der Waals surface area contributed by atoms with E-state index in [0.717, 1.165) is 24.2 Å². The van der Waals surface area contributed by atoms with Crippen LogP contribution in [0.4, 0.5) is 5.95 Å². The first-order valence-electron chi connectivity index (χ1n) is 7.21. The summed E-state index contributed by atoms with van der Waals surface area (Å²) in [5.74, 6) is 0.242. The van der Waals surface area contributed by atoms with E-state index in [9.17, 15) is 4.79 Å². The van der Waals surface area contributed by atoms with Crippen molar-refractivity contribution in [3.8, 4) is 0 Å². The molecule has 1 amide bonds. The highest BCUT2D eigenvalue weighted by Crippen LogP contribution is 2.30. The van der Waals surface area contributed by atoms with Crippen LogP contribution >= 0.6 is 0 Å². The number of nitrogens with one attached hydrogen (secondary N) is 2. The Morgan fingerprint density at radius 3 is 2.45 bits per heavy atom. The molecule has 20 heavy (non-hydrogen) atoms. The predicted molar refractivity (Wildman–Crippen MR) is 77.4 cm³/mol. The molecule has 0 radical (unpaired) electrons. The number of aryl methyl sites for hydroxylation is 2. The number of rotatable bonds is 4. The maximum absolute atomic E-state index is 12.2. The fraction of sp³-hybridized carbons (Fsp3) is 0.714. The van der Waals surface area contributed by atoms with Gasteiger partial charge in [-0.3, -0.25) is 10.1 Å². The summed E-state index contributed by atoms with van der Waals surface area (Å²) in [6, 6.07) is 0. The van der Waals surface area contributed by atoms with E-state index < -0.39 is 0 Å². The molecule has 2 N–H and O–H groups in total. The van der Waals surface area contributed by atoms with E-state index in [1.807, 2.05) is 20.9 Å². The lowest BCUT2D eigenvalue weighted by molar-refractivity contribution is -0.118. The fourth-order valence-electron chi connectivity index (χ4n) is 2.73. The van der Waals surface area contributed by atoms with Crippen LogP contribution in [0.2, 0.25) is 0 Å². The average molecular weight is 277 g/mol. The summed E-state index contributed by atoms with van der Waals surface area (Å²) in [5, 5.41) is 14.0. The largest absolute Gasteiger partial charge is 0.314 e. The number of carbonyl (C=O) groups is 1. The second-order valence-electron chi connectivity index (χ2n) is 5.62. The summed E-state index contributed by atoms with van der Waals surface area (Å²) in [6.07, 6.45) is 6.16.